The summed E-state index contributed by atoms with van der Waals surface area (Å²) in [6, 6.07) is 4.66. The molecule has 1 aromatic heterocycles. The second-order valence-corrected chi connectivity index (χ2v) is 7.78. The van der Waals surface area contributed by atoms with Gasteiger partial charge in [-0.05, 0) is 25.5 Å². The minimum atomic E-state index is -4.61. The van der Waals surface area contributed by atoms with E-state index in [0.29, 0.717) is 23.8 Å². The largest absolute Gasteiger partial charge is 0.418 e. The van der Waals surface area contributed by atoms with Crippen LogP contribution in [0.2, 0.25) is 0 Å². The van der Waals surface area contributed by atoms with Crippen LogP contribution in [0.4, 0.5) is 24.0 Å². The maximum Gasteiger partial charge on any atom is 0.418 e. The van der Waals surface area contributed by atoms with Crippen LogP contribution in [-0.4, -0.2) is 47.2 Å². The first-order valence-electron chi connectivity index (χ1n) is 9.67. The molecule has 1 aliphatic heterocycles. The number of benzene rings is 1. The number of para-hydroxylation sites is 1. The number of aromatic nitrogens is 1. The number of thiazole rings is 1. The monoisotopic (exact) mass is 454 g/mol. The first kappa shape index (κ1) is 22.7. The summed E-state index contributed by atoms with van der Waals surface area (Å²) >= 11 is 1.27. The normalized spacial score (nSPS) is 14.1. The average molecular weight is 454 g/mol. The van der Waals surface area contributed by atoms with Crippen LogP contribution < -0.4 is 10.2 Å². The lowest BCUT2D eigenvalue weighted by Crippen LogP contribution is -2.39. The summed E-state index contributed by atoms with van der Waals surface area (Å²) in [6.45, 7) is 2.09. The molecule has 11 heteroatoms. The highest BCUT2D eigenvalue weighted by Crippen LogP contribution is 2.34. The van der Waals surface area contributed by atoms with Crippen molar-refractivity contribution in [3.8, 4) is 0 Å². The van der Waals surface area contributed by atoms with Gasteiger partial charge in [-0.15, -0.1) is 11.3 Å². The van der Waals surface area contributed by atoms with Gasteiger partial charge in [-0.2, -0.15) is 13.2 Å². The molecule has 0 aliphatic carbocycles. The molecule has 1 saturated heterocycles. The van der Waals surface area contributed by atoms with E-state index in [-0.39, 0.29) is 37.0 Å². The molecule has 3 amide bonds. The van der Waals surface area contributed by atoms with Crippen LogP contribution in [0.1, 0.15) is 31.0 Å². The minimum absolute atomic E-state index is 0.00165. The van der Waals surface area contributed by atoms with Crippen LogP contribution in [0.15, 0.2) is 29.6 Å². The molecule has 0 radical (unpaired) electrons. The lowest BCUT2D eigenvalue weighted by atomic mass is 10.1. The van der Waals surface area contributed by atoms with Gasteiger partial charge in [-0.1, -0.05) is 12.1 Å². The van der Waals surface area contributed by atoms with E-state index in [0.717, 1.165) is 18.6 Å². The summed E-state index contributed by atoms with van der Waals surface area (Å²) in [5.74, 6) is -1.11. The smallest absolute Gasteiger partial charge is 0.333 e. The molecule has 166 valence electrons. The fraction of sp³-hybridized carbons (Fsp3) is 0.400. The molecule has 1 fully saturated rings. The summed E-state index contributed by atoms with van der Waals surface area (Å²) in [5, 5.41) is 4.46. The zero-order valence-corrected chi connectivity index (χ0v) is 17.6. The van der Waals surface area contributed by atoms with Gasteiger partial charge in [-0.3, -0.25) is 19.3 Å². The van der Waals surface area contributed by atoms with Gasteiger partial charge >= 0.3 is 6.18 Å². The Hall–Kier alpha value is -2.95. The lowest BCUT2D eigenvalue weighted by Gasteiger charge is -2.21. The Morgan fingerprint density at radius 3 is 2.68 bits per heavy atom. The number of hydrogen-bond acceptors (Lipinski definition) is 5. The fourth-order valence-corrected chi connectivity index (χ4v) is 4.07. The topological polar surface area (TPSA) is 82.6 Å². The zero-order chi connectivity index (χ0) is 22.6. The van der Waals surface area contributed by atoms with E-state index >= 15 is 0 Å². The predicted octanol–water partition coefficient (Wildman–Crippen LogP) is 3.32. The van der Waals surface area contributed by atoms with E-state index < -0.39 is 17.6 Å². The maximum atomic E-state index is 13.1. The lowest BCUT2D eigenvalue weighted by molar-refractivity contribution is -0.137. The van der Waals surface area contributed by atoms with Crippen LogP contribution in [0, 0.1) is 0 Å². The molecule has 0 bridgehead atoms. The Labute approximate surface area is 180 Å². The molecule has 3 rings (SSSR count). The SMILES string of the molecule is CCN(CC(=O)Nc1ccccc1C(F)(F)F)C(=O)Cc1csc(N2CCCC2=O)n1. The number of nitrogens with zero attached hydrogens (tertiary/aromatic N) is 3. The number of nitrogens with one attached hydrogen (secondary N) is 1. The summed E-state index contributed by atoms with van der Waals surface area (Å²) in [6.07, 6.45) is -3.44. The molecular formula is C20H21F3N4O3S. The Bertz CT molecular complexity index is 977. The zero-order valence-electron chi connectivity index (χ0n) is 16.7. The minimum Gasteiger partial charge on any atom is -0.333 e. The summed E-state index contributed by atoms with van der Waals surface area (Å²) < 4.78 is 39.3. The van der Waals surface area contributed by atoms with Gasteiger partial charge in [0.05, 0.1) is 29.9 Å². The van der Waals surface area contributed by atoms with Gasteiger partial charge in [0, 0.05) is 24.9 Å². The van der Waals surface area contributed by atoms with Gasteiger partial charge in [0.2, 0.25) is 17.7 Å². The summed E-state index contributed by atoms with van der Waals surface area (Å²) in [4.78, 5) is 43.9. The number of anilines is 2. The van der Waals surface area contributed by atoms with Crippen molar-refractivity contribution in [3.63, 3.8) is 0 Å². The van der Waals surface area contributed by atoms with Gasteiger partial charge in [0.15, 0.2) is 5.13 Å². The molecule has 1 N–H and O–H groups in total. The van der Waals surface area contributed by atoms with Crippen molar-refractivity contribution in [1.29, 1.82) is 0 Å². The number of alkyl halides is 3. The molecule has 0 spiro atoms. The number of amides is 3. The Morgan fingerprint density at radius 2 is 2.03 bits per heavy atom. The van der Waals surface area contributed by atoms with E-state index in [1.165, 1.54) is 28.4 Å². The number of halogens is 3. The second-order valence-electron chi connectivity index (χ2n) is 6.95. The predicted molar refractivity (Wildman–Crippen MR) is 110 cm³/mol. The molecule has 2 heterocycles. The van der Waals surface area contributed by atoms with Gasteiger partial charge < -0.3 is 10.2 Å². The third kappa shape index (κ3) is 5.60. The van der Waals surface area contributed by atoms with Crippen LogP contribution in [0.3, 0.4) is 0 Å². The van der Waals surface area contributed by atoms with Crippen molar-refractivity contribution in [2.24, 2.45) is 0 Å². The van der Waals surface area contributed by atoms with Crippen molar-refractivity contribution < 1.29 is 27.6 Å². The number of carbonyl (C=O) groups excluding carboxylic acids is 3. The van der Waals surface area contributed by atoms with Crippen molar-refractivity contribution in [3.05, 3.63) is 40.9 Å². The third-order valence-corrected chi connectivity index (χ3v) is 5.66. The number of hydrogen-bond donors (Lipinski definition) is 1. The highest BCUT2D eigenvalue weighted by molar-refractivity contribution is 7.14. The summed E-state index contributed by atoms with van der Waals surface area (Å²) in [5.41, 5.74) is -0.835. The Kier molecular flexibility index (Phi) is 6.94. The van der Waals surface area contributed by atoms with E-state index in [4.69, 9.17) is 0 Å². The van der Waals surface area contributed by atoms with E-state index in [9.17, 15) is 27.6 Å². The van der Waals surface area contributed by atoms with E-state index in [1.54, 1.807) is 17.2 Å². The second kappa shape index (κ2) is 9.46. The standard InChI is InChI=1S/C20H21F3N4O3S/c1-2-26(11-16(28)25-15-7-4-3-6-14(15)20(21,22)23)18(30)10-13-12-31-19(24-13)27-9-5-8-17(27)29/h3-4,6-7,12H,2,5,8-11H2,1H3,(H,25,28). The molecule has 0 atom stereocenters. The van der Waals surface area contributed by atoms with Crippen molar-refractivity contribution in [2.75, 3.05) is 29.9 Å². The first-order valence-corrected chi connectivity index (χ1v) is 10.6. The molecule has 1 aromatic carbocycles. The number of carbonyl (C=O) groups is 3. The quantitative estimate of drug-likeness (QED) is 0.696. The highest BCUT2D eigenvalue weighted by Gasteiger charge is 2.33. The third-order valence-electron chi connectivity index (χ3n) is 4.75. The summed E-state index contributed by atoms with van der Waals surface area (Å²) in [7, 11) is 0. The van der Waals surface area contributed by atoms with E-state index in [1.807, 2.05) is 0 Å². The van der Waals surface area contributed by atoms with Crippen molar-refractivity contribution in [1.82, 2.24) is 9.88 Å². The van der Waals surface area contributed by atoms with Crippen molar-refractivity contribution in [2.45, 2.75) is 32.4 Å². The van der Waals surface area contributed by atoms with Crippen LogP contribution >= 0.6 is 11.3 Å². The number of likely N-dealkylation sites (N-methyl/N-ethyl adjacent to an activating group) is 1. The molecule has 2 aromatic rings. The Balaban J connectivity index is 1.61. The van der Waals surface area contributed by atoms with E-state index in [2.05, 4.69) is 10.3 Å². The van der Waals surface area contributed by atoms with Crippen molar-refractivity contribution >= 4 is 39.9 Å². The molecule has 0 saturated carbocycles. The van der Waals surface area contributed by atoms with Gasteiger partial charge in [0.25, 0.3) is 0 Å². The van der Waals surface area contributed by atoms with Gasteiger partial charge in [-0.25, -0.2) is 4.98 Å². The van der Waals surface area contributed by atoms with Crippen LogP contribution in [-0.2, 0) is 27.0 Å². The highest BCUT2D eigenvalue weighted by atomic mass is 32.1. The Morgan fingerprint density at radius 1 is 1.29 bits per heavy atom. The number of rotatable bonds is 7. The van der Waals surface area contributed by atoms with Gasteiger partial charge in [0.1, 0.15) is 0 Å². The molecular weight excluding hydrogens is 433 g/mol. The fourth-order valence-electron chi connectivity index (χ4n) is 3.20. The van der Waals surface area contributed by atoms with Crippen LogP contribution in [0.25, 0.3) is 0 Å². The molecule has 7 nitrogen and oxygen atoms in total. The molecule has 31 heavy (non-hydrogen) atoms. The maximum absolute atomic E-state index is 13.1. The average Bonchev–Trinajstić information content (AvgIpc) is 3.34. The molecule has 1 aliphatic rings. The molecule has 0 unspecified atom stereocenters. The van der Waals surface area contributed by atoms with Crippen LogP contribution in [0.5, 0.6) is 0 Å². The first-order chi connectivity index (χ1) is 14.7.